The van der Waals surface area contributed by atoms with Crippen LogP contribution in [-0.4, -0.2) is 0 Å². The third-order valence-electron chi connectivity index (χ3n) is 1.34. The predicted molar refractivity (Wildman–Crippen MR) is 54.6 cm³/mol. The Labute approximate surface area is 82.4 Å². The number of nitrogens with two attached hydrogens (primary N) is 1. The molecular weight excluding hydrogens is 272 g/mol. The van der Waals surface area contributed by atoms with Crippen molar-refractivity contribution < 1.29 is 0 Å². The molecule has 0 amide bonds. The van der Waals surface area contributed by atoms with Crippen LogP contribution >= 0.6 is 31.9 Å². The lowest BCUT2D eigenvalue weighted by atomic mass is 10.2. The fourth-order valence-electron chi connectivity index (χ4n) is 0.759. The van der Waals surface area contributed by atoms with E-state index in [0.717, 1.165) is 15.5 Å². The third-order valence-corrected chi connectivity index (χ3v) is 2.65. The molecule has 0 aliphatic rings. The molecule has 0 radical (unpaired) electrons. The van der Waals surface area contributed by atoms with Crippen LogP contribution in [-0.2, 0) is 5.33 Å². The lowest BCUT2D eigenvalue weighted by Gasteiger charge is -2.03. The fourth-order valence-corrected chi connectivity index (χ4v) is 1.65. The number of benzene rings is 1. The van der Waals surface area contributed by atoms with Gasteiger partial charge >= 0.3 is 0 Å². The molecule has 11 heavy (non-hydrogen) atoms. The second-order valence-electron chi connectivity index (χ2n) is 2.09. The molecule has 4 heteroatoms. The number of nitrogens with one attached hydrogen (secondary N) is 1. The van der Waals surface area contributed by atoms with E-state index < -0.39 is 0 Å². The van der Waals surface area contributed by atoms with Gasteiger partial charge in [0.25, 0.3) is 0 Å². The van der Waals surface area contributed by atoms with E-state index in [1.54, 1.807) is 0 Å². The maximum Gasteiger partial charge on any atom is 0.0627 e. The number of alkyl halides is 1. The number of halogens is 2. The molecule has 0 aromatic heterocycles. The van der Waals surface area contributed by atoms with Crippen molar-refractivity contribution in [3.05, 3.63) is 28.2 Å². The van der Waals surface area contributed by atoms with Crippen LogP contribution in [0, 0.1) is 0 Å². The Morgan fingerprint density at radius 2 is 2.18 bits per heavy atom. The molecule has 1 rings (SSSR count). The summed E-state index contributed by atoms with van der Waals surface area (Å²) in [5.74, 6) is 5.25. The summed E-state index contributed by atoms with van der Waals surface area (Å²) in [6.07, 6.45) is 0. The van der Waals surface area contributed by atoms with Gasteiger partial charge in [-0.25, -0.2) is 0 Å². The number of hydrogen-bond acceptors (Lipinski definition) is 2. The van der Waals surface area contributed by atoms with Crippen LogP contribution in [0.5, 0.6) is 0 Å². The summed E-state index contributed by atoms with van der Waals surface area (Å²) in [5, 5.41) is 0.858. The number of hydrogen-bond donors (Lipinski definition) is 2. The molecule has 0 saturated heterocycles. The Balaban J connectivity index is 2.99. The minimum atomic E-state index is 0.858. The van der Waals surface area contributed by atoms with E-state index in [9.17, 15) is 0 Å². The molecule has 0 saturated carbocycles. The summed E-state index contributed by atoms with van der Waals surface area (Å²) in [5.41, 5.74) is 4.70. The van der Waals surface area contributed by atoms with Crippen LogP contribution in [0.4, 0.5) is 5.69 Å². The van der Waals surface area contributed by atoms with Gasteiger partial charge in [-0.05, 0) is 33.6 Å². The molecule has 0 bridgehead atoms. The summed E-state index contributed by atoms with van der Waals surface area (Å²) in [4.78, 5) is 0. The van der Waals surface area contributed by atoms with Crippen LogP contribution in [0.25, 0.3) is 0 Å². The molecule has 0 aliphatic carbocycles. The minimum Gasteiger partial charge on any atom is -0.323 e. The van der Waals surface area contributed by atoms with Crippen LogP contribution in [0.15, 0.2) is 22.7 Å². The Morgan fingerprint density at radius 3 is 2.64 bits per heavy atom. The van der Waals surface area contributed by atoms with Gasteiger partial charge in [0, 0.05) is 9.80 Å². The Bertz CT molecular complexity index is 250. The van der Waals surface area contributed by atoms with E-state index >= 15 is 0 Å². The Morgan fingerprint density at radius 1 is 1.45 bits per heavy atom. The highest BCUT2D eigenvalue weighted by atomic mass is 79.9. The molecular formula is C7H8Br2N2. The largest absolute Gasteiger partial charge is 0.323 e. The van der Waals surface area contributed by atoms with E-state index in [1.165, 1.54) is 5.56 Å². The molecule has 0 aliphatic heterocycles. The van der Waals surface area contributed by atoms with E-state index in [4.69, 9.17) is 5.84 Å². The smallest absolute Gasteiger partial charge is 0.0627 e. The lowest BCUT2D eigenvalue weighted by Crippen LogP contribution is -2.07. The molecule has 0 fully saturated rings. The molecule has 2 nitrogen and oxygen atoms in total. The van der Waals surface area contributed by atoms with Gasteiger partial charge in [0.1, 0.15) is 0 Å². The highest BCUT2D eigenvalue weighted by Crippen LogP contribution is 2.23. The van der Waals surface area contributed by atoms with Gasteiger partial charge in [-0.3, -0.25) is 5.84 Å². The van der Waals surface area contributed by atoms with Crippen molar-refractivity contribution in [2.75, 3.05) is 5.43 Å². The number of anilines is 1. The van der Waals surface area contributed by atoms with Crippen molar-refractivity contribution in [2.45, 2.75) is 5.33 Å². The van der Waals surface area contributed by atoms with E-state index in [0.29, 0.717) is 0 Å². The topological polar surface area (TPSA) is 38.0 Å². The van der Waals surface area contributed by atoms with Crippen molar-refractivity contribution in [1.82, 2.24) is 0 Å². The zero-order chi connectivity index (χ0) is 8.27. The van der Waals surface area contributed by atoms with Crippen molar-refractivity contribution in [2.24, 2.45) is 5.84 Å². The molecule has 0 atom stereocenters. The number of nitrogen functional groups attached to an aromatic ring is 1. The van der Waals surface area contributed by atoms with Crippen molar-refractivity contribution in [3.8, 4) is 0 Å². The summed E-state index contributed by atoms with van der Waals surface area (Å²) in [7, 11) is 0. The number of rotatable bonds is 2. The monoisotopic (exact) mass is 278 g/mol. The van der Waals surface area contributed by atoms with Gasteiger partial charge in [0.15, 0.2) is 0 Å². The van der Waals surface area contributed by atoms with Crippen LogP contribution in [0.2, 0.25) is 0 Å². The van der Waals surface area contributed by atoms with Gasteiger partial charge < -0.3 is 5.43 Å². The minimum absolute atomic E-state index is 0.858. The summed E-state index contributed by atoms with van der Waals surface area (Å²) in [6.45, 7) is 0. The molecule has 3 N–H and O–H groups in total. The molecule has 60 valence electrons. The number of hydrazine groups is 1. The second-order valence-corrected chi connectivity index (χ2v) is 3.51. The first-order valence-electron chi connectivity index (χ1n) is 3.09. The molecule has 1 aromatic carbocycles. The highest BCUT2D eigenvalue weighted by Gasteiger charge is 1.97. The molecule has 0 unspecified atom stereocenters. The average molecular weight is 280 g/mol. The van der Waals surface area contributed by atoms with Crippen molar-refractivity contribution in [1.29, 1.82) is 0 Å². The molecule has 1 aromatic rings. The lowest BCUT2D eigenvalue weighted by molar-refractivity contribution is 1.32. The van der Waals surface area contributed by atoms with E-state index in [-0.39, 0.29) is 0 Å². The zero-order valence-corrected chi connectivity index (χ0v) is 8.94. The summed E-state index contributed by atoms with van der Waals surface area (Å²) < 4.78 is 0.983. The van der Waals surface area contributed by atoms with Gasteiger partial charge in [0.05, 0.1) is 5.69 Å². The van der Waals surface area contributed by atoms with Crippen LogP contribution in [0.1, 0.15) is 5.56 Å². The fraction of sp³-hybridized carbons (Fsp3) is 0.143. The third kappa shape index (κ3) is 2.18. The highest BCUT2D eigenvalue weighted by molar-refractivity contribution is 9.10. The first kappa shape index (κ1) is 9.03. The van der Waals surface area contributed by atoms with Crippen LogP contribution < -0.4 is 11.3 Å². The molecule has 0 heterocycles. The summed E-state index contributed by atoms with van der Waals surface area (Å²) >= 11 is 6.75. The van der Waals surface area contributed by atoms with E-state index in [2.05, 4.69) is 37.3 Å². The molecule has 0 spiro atoms. The normalized spacial score (nSPS) is 9.73. The van der Waals surface area contributed by atoms with Gasteiger partial charge in [-0.15, -0.1) is 0 Å². The Hall–Kier alpha value is -0.0600. The predicted octanol–water partition coefficient (Wildman–Crippen LogP) is 2.63. The Kier molecular flexibility index (Phi) is 3.36. The first-order valence-corrected chi connectivity index (χ1v) is 5.00. The summed E-state index contributed by atoms with van der Waals surface area (Å²) in [6, 6.07) is 5.96. The van der Waals surface area contributed by atoms with Crippen molar-refractivity contribution >= 4 is 37.5 Å². The van der Waals surface area contributed by atoms with Crippen molar-refractivity contribution in [3.63, 3.8) is 0 Å². The van der Waals surface area contributed by atoms with E-state index in [1.807, 2.05) is 18.2 Å². The maximum atomic E-state index is 5.25. The first-order chi connectivity index (χ1) is 5.27. The quantitative estimate of drug-likeness (QED) is 0.496. The van der Waals surface area contributed by atoms with Gasteiger partial charge in [0.2, 0.25) is 0 Å². The average Bonchev–Trinajstić information content (AvgIpc) is 2.04. The standard InChI is InChI=1S/C7H8Br2N2/c8-4-5-1-2-7(11-10)6(9)3-5/h1-3,11H,4,10H2. The van der Waals surface area contributed by atoms with Gasteiger partial charge in [-0.1, -0.05) is 22.0 Å². The van der Waals surface area contributed by atoms with Crippen LogP contribution in [0.3, 0.4) is 0 Å². The second kappa shape index (κ2) is 4.09. The SMILES string of the molecule is NNc1ccc(CBr)cc1Br. The maximum absolute atomic E-state index is 5.25. The zero-order valence-electron chi connectivity index (χ0n) is 5.77. The van der Waals surface area contributed by atoms with Gasteiger partial charge in [-0.2, -0.15) is 0 Å².